The van der Waals surface area contributed by atoms with Crippen molar-refractivity contribution < 1.29 is 19.8 Å². The predicted molar refractivity (Wildman–Crippen MR) is 73.5 cm³/mol. The van der Waals surface area contributed by atoms with Crippen molar-refractivity contribution in [2.75, 3.05) is 6.54 Å². The zero-order chi connectivity index (χ0) is 14.5. The molecule has 2 unspecified atom stereocenters. The van der Waals surface area contributed by atoms with Crippen molar-refractivity contribution in [3.8, 4) is 5.75 Å². The maximum absolute atomic E-state index is 12.0. The lowest BCUT2D eigenvalue weighted by Gasteiger charge is -2.28. The molecule has 2 atom stereocenters. The fourth-order valence-corrected chi connectivity index (χ4v) is 2.76. The number of phenols is 1. The van der Waals surface area contributed by atoms with E-state index in [1.54, 1.807) is 18.2 Å². The van der Waals surface area contributed by atoms with E-state index in [0.29, 0.717) is 13.0 Å². The number of amides is 1. The number of rotatable bonds is 4. The summed E-state index contributed by atoms with van der Waals surface area (Å²) in [5, 5.41) is 21.5. The highest BCUT2D eigenvalue weighted by Crippen LogP contribution is 2.29. The van der Waals surface area contributed by atoms with Gasteiger partial charge in [-0.1, -0.05) is 25.0 Å². The van der Waals surface area contributed by atoms with E-state index in [9.17, 15) is 19.8 Å². The lowest BCUT2D eigenvalue weighted by atomic mass is 9.79. The number of phenolic OH excluding ortho intramolecular Hbond substituents is 1. The first kappa shape index (κ1) is 14.4. The minimum Gasteiger partial charge on any atom is -0.507 e. The summed E-state index contributed by atoms with van der Waals surface area (Å²) >= 11 is 0. The summed E-state index contributed by atoms with van der Waals surface area (Å²) in [7, 11) is 0. The molecular formula is C15H19NO4. The largest absolute Gasteiger partial charge is 0.507 e. The monoisotopic (exact) mass is 277 g/mol. The van der Waals surface area contributed by atoms with Crippen LogP contribution in [0.2, 0.25) is 0 Å². The van der Waals surface area contributed by atoms with Crippen molar-refractivity contribution in [1.29, 1.82) is 0 Å². The number of carboxylic acid groups (broad SMARTS) is 1. The third kappa shape index (κ3) is 3.29. The average molecular weight is 277 g/mol. The van der Waals surface area contributed by atoms with Crippen LogP contribution < -0.4 is 5.32 Å². The third-order valence-electron chi connectivity index (χ3n) is 3.90. The van der Waals surface area contributed by atoms with Crippen LogP contribution in [0.4, 0.5) is 0 Å². The fraction of sp³-hybridized carbons (Fsp3) is 0.467. The molecule has 20 heavy (non-hydrogen) atoms. The molecule has 5 nitrogen and oxygen atoms in total. The molecule has 0 saturated heterocycles. The molecule has 1 amide bonds. The number of para-hydroxylation sites is 1. The van der Waals surface area contributed by atoms with Gasteiger partial charge in [0, 0.05) is 6.54 Å². The van der Waals surface area contributed by atoms with Gasteiger partial charge in [0.15, 0.2) is 0 Å². The second-order valence-corrected chi connectivity index (χ2v) is 5.22. The Kier molecular flexibility index (Phi) is 4.61. The van der Waals surface area contributed by atoms with E-state index < -0.39 is 5.97 Å². The number of carbonyl (C=O) groups is 2. The van der Waals surface area contributed by atoms with Crippen LogP contribution in [0.5, 0.6) is 5.75 Å². The molecule has 1 aromatic rings. The molecule has 0 bridgehead atoms. The van der Waals surface area contributed by atoms with Crippen molar-refractivity contribution in [3.63, 3.8) is 0 Å². The predicted octanol–water partition coefficient (Wildman–Crippen LogP) is 2.01. The second-order valence-electron chi connectivity index (χ2n) is 5.22. The summed E-state index contributed by atoms with van der Waals surface area (Å²) in [6.45, 7) is 0.337. The summed E-state index contributed by atoms with van der Waals surface area (Å²) in [6.07, 6.45) is 3.42. The Morgan fingerprint density at radius 3 is 2.60 bits per heavy atom. The fourth-order valence-electron chi connectivity index (χ4n) is 2.76. The van der Waals surface area contributed by atoms with Crippen LogP contribution in [-0.4, -0.2) is 28.6 Å². The maximum atomic E-state index is 12.0. The molecule has 1 aromatic carbocycles. The number of aromatic hydroxyl groups is 1. The summed E-state index contributed by atoms with van der Waals surface area (Å²) in [5.41, 5.74) is 0.218. The van der Waals surface area contributed by atoms with Crippen LogP contribution in [0.15, 0.2) is 24.3 Å². The number of benzene rings is 1. The first-order chi connectivity index (χ1) is 9.59. The van der Waals surface area contributed by atoms with Crippen molar-refractivity contribution in [3.05, 3.63) is 29.8 Å². The Hall–Kier alpha value is -2.04. The standard InChI is InChI=1S/C15H19NO4/c17-13-8-4-3-7-12(13)14(18)16-9-10-5-1-2-6-11(10)15(19)20/h3-4,7-8,10-11,17H,1-2,5-6,9H2,(H,16,18)(H,19,20). The summed E-state index contributed by atoms with van der Waals surface area (Å²) in [6, 6.07) is 6.32. The van der Waals surface area contributed by atoms with Crippen LogP contribution in [0.3, 0.4) is 0 Å². The Balaban J connectivity index is 1.95. The number of hydrogen-bond donors (Lipinski definition) is 3. The van der Waals surface area contributed by atoms with Crippen LogP contribution >= 0.6 is 0 Å². The van der Waals surface area contributed by atoms with Gasteiger partial charge >= 0.3 is 5.97 Å². The lowest BCUT2D eigenvalue weighted by molar-refractivity contribution is -0.144. The van der Waals surface area contributed by atoms with Crippen LogP contribution in [0.1, 0.15) is 36.0 Å². The highest BCUT2D eigenvalue weighted by atomic mass is 16.4. The van der Waals surface area contributed by atoms with E-state index >= 15 is 0 Å². The maximum Gasteiger partial charge on any atom is 0.306 e. The van der Waals surface area contributed by atoms with Crippen LogP contribution in [0, 0.1) is 11.8 Å². The van der Waals surface area contributed by atoms with Gasteiger partial charge in [0.25, 0.3) is 5.91 Å². The molecule has 5 heteroatoms. The third-order valence-corrected chi connectivity index (χ3v) is 3.90. The van der Waals surface area contributed by atoms with Crippen molar-refractivity contribution in [2.45, 2.75) is 25.7 Å². The van der Waals surface area contributed by atoms with Gasteiger partial charge in [0.2, 0.25) is 0 Å². The Bertz CT molecular complexity index is 500. The first-order valence-corrected chi connectivity index (χ1v) is 6.88. The molecule has 3 N–H and O–H groups in total. The van der Waals surface area contributed by atoms with E-state index in [-0.39, 0.29) is 29.1 Å². The summed E-state index contributed by atoms with van der Waals surface area (Å²) in [5.74, 6) is -1.63. The first-order valence-electron chi connectivity index (χ1n) is 6.88. The van der Waals surface area contributed by atoms with E-state index in [4.69, 9.17) is 0 Å². The molecule has 1 aliphatic carbocycles. The number of carbonyl (C=O) groups excluding carboxylic acids is 1. The van der Waals surface area contributed by atoms with Gasteiger partial charge in [-0.25, -0.2) is 0 Å². The molecule has 0 radical (unpaired) electrons. The Labute approximate surface area is 117 Å². The van der Waals surface area contributed by atoms with Crippen molar-refractivity contribution in [2.24, 2.45) is 11.8 Å². The highest BCUT2D eigenvalue weighted by molar-refractivity contribution is 5.96. The SMILES string of the molecule is O=C(NCC1CCCCC1C(=O)O)c1ccccc1O. The molecule has 1 aliphatic rings. The molecule has 1 saturated carbocycles. The summed E-state index contributed by atoms with van der Waals surface area (Å²) in [4.78, 5) is 23.1. The number of carboxylic acids is 1. The topological polar surface area (TPSA) is 86.6 Å². The van der Waals surface area contributed by atoms with Gasteiger partial charge in [-0.05, 0) is 30.9 Å². The highest BCUT2D eigenvalue weighted by Gasteiger charge is 2.30. The van der Waals surface area contributed by atoms with Gasteiger partial charge in [0.05, 0.1) is 11.5 Å². The minimum atomic E-state index is -0.786. The lowest BCUT2D eigenvalue weighted by Crippen LogP contribution is -2.37. The molecule has 0 aromatic heterocycles. The van der Waals surface area contributed by atoms with Gasteiger partial charge < -0.3 is 15.5 Å². The molecule has 0 spiro atoms. The Morgan fingerprint density at radius 1 is 1.20 bits per heavy atom. The van der Waals surface area contributed by atoms with Crippen LogP contribution in [0.25, 0.3) is 0 Å². The average Bonchev–Trinajstić information content (AvgIpc) is 2.45. The molecule has 0 aliphatic heterocycles. The van der Waals surface area contributed by atoms with Gasteiger partial charge in [-0.15, -0.1) is 0 Å². The number of hydrogen-bond acceptors (Lipinski definition) is 3. The van der Waals surface area contributed by atoms with Gasteiger partial charge in [0.1, 0.15) is 5.75 Å². The molecule has 108 valence electrons. The van der Waals surface area contributed by atoms with E-state index in [2.05, 4.69) is 5.32 Å². The normalized spacial score (nSPS) is 22.2. The molecule has 2 rings (SSSR count). The quantitative estimate of drug-likeness (QED) is 0.785. The van der Waals surface area contributed by atoms with Gasteiger partial charge in [-0.3, -0.25) is 9.59 Å². The molecular weight excluding hydrogens is 258 g/mol. The zero-order valence-electron chi connectivity index (χ0n) is 11.2. The van der Waals surface area contributed by atoms with E-state index in [0.717, 1.165) is 19.3 Å². The number of aliphatic carboxylic acids is 1. The van der Waals surface area contributed by atoms with E-state index in [1.165, 1.54) is 6.07 Å². The zero-order valence-corrected chi connectivity index (χ0v) is 11.2. The van der Waals surface area contributed by atoms with Crippen LogP contribution in [-0.2, 0) is 4.79 Å². The Morgan fingerprint density at radius 2 is 1.90 bits per heavy atom. The molecule has 0 heterocycles. The number of nitrogens with one attached hydrogen (secondary N) is 1. The van der Waals surface area contributed by atoms with Crippen molar-refractivity contribution in [1.82, 2.24) is 5.32 Å². The smallest absolute Gasteiger partial charge is 0.306 e. The van der Waals surface area contributed by atoms with E-state index in [1.807, 2.05) is 0 Å². The van der Waals surface area contributed by atoms with Gasteiger partial charge in [-0.2, -0.15) is 0 Å². The van der Waals surface area contributed by atoms with Crippen molar-refractivity contribution >= 4 is 11.9 Å². The molecule has 1 fully saturated rings. The summed E-state index contributed by atoms with van der Waals surface area (Å²) < 4.78 is 0. The minimum absolute atomic E-state index is 0.0314. The second kappa shape index (κ2) is 6.41.